The Labute approximate surface area is 195 Å². The number of para-hydroxylation sites is 1. The van der Waals surface area contributed by atoms with Crippen LogP contribution < -0.4 is 10.2 Å². The third-order valence-electron chi connectivity index (χ3n) is 4.47. The van der Waals surface area contributed by atoms with Crippen molar-refractivity contribution in [2.24, 2.45) is 0 Å². The highest BCUT2D eigenvalue weighted by atomic mass is 35.6. The number of nitrogens with one attached hydrogen (secondary N) is 1. The maximum Gasteiger partial charge on any atom is 0.407 e. The normalized spacial score (nSPS) is 22.7. The Balaban J connectivity index is 2.29. The first-order valence-electron chi connectivity index (χ1n) is 9.00. The number of rotatable bonds is 5. The zero-order valence-electron chi connectivity index (χ0n) is 15.4. The van der Waals surface area contributed by atoms with Crippen molar-refractivity contribution in [3.05, 3.63) is 41.9 Å². The van der Waals surface area contributed by atoms with E-state index in [4.69, 9.17) is 62.7 Å². The molecule has 1 fully saturated rings. The molecule has 2 amide bonds. The van der Waals surface area contributed by atoms with Gasteiger partial charge < -0.3 is 15.0 Å². The predicted molar refractivity (Wildman–Crippen MR) is 119 cm³/mol. The molecule has 160 valence electrons. The Kier molecular flexibility index (Phi) is 9.70. The highest BCUT2D eigenvalue weighted by Crippen LogP contribution is 2.30. The maximum atomic E-state index is 12.9. The second kappa shape index (κ2) is 11.5. The van der Waals surface area contributed by atoms with Crippen molar-refractivity contribution in [1.82, 2.24) is 5.32 Å². The summed E-state index contributed by atoms with van der Waals surface area (Å²) in [6, 6.07) is 8.34. The molecule has 1 aliphatic rings. The number of nitrogens with zero attached hydrogens (tertiary/aromatic N) is 1. The molecule has 0 radical (unpaired) electrons. The van der Waals surface area contributed by atoms with Gasteiger partial charge in [-0.2, -0.15) is 0 Å². The van der Waals surface area contributed by atoms with Gasteiger partial charge in [0, 0.05) is 22.7 Å². The standard InChI is InChI=1S/C19H21Cl5N2O3/c20-10-9-17(27)26(14-6-2-1-3-7-14)16-8-4-5-13(21)11-15(16)25-18(28)29-12-19(22,23)24/h1-3,6-7,9-10,13,15-16H,4-5,8,11-12H2,(H,25,28)/b10-9+. The lowest BCUT2D eigenvalue weighted by Gasteiger charge is -2.36. The Hall–Kier alpha value is -0.850. The van der Waals surface area contributed by atoms with Crippen LogP contribution in [0.15, 0.2) is 41.9 Å². The smallest absolute Gasteiger partial charge is 0.407 e. The maximum absolute atomic E-state index is 12.9. The van der Waals surface area contributed by atoms with Crippen LogP contribution in [0.1, 0.15) is 25.7 Å². The Morgan fingerprint density at radius 2 is 1.90 bits per heavy atom. The molecule has 1 aliphatic carbocycles. The van der Waals surface area contributed by atoms with Gasteiger partial charge in [0.05, 0.1) is 12.1 Å². The molecule has 0 saturated heterocycles. The van der Waals surface area contributed by atoms with Crippen molar-refractivity contribution in [3.8, 4) is 0 Å². The summed E-state index contributed by atoms with van der Waals surface area (Å²) in [5.74, 6) is -0.300. The van der Waals surface area contributed by atoms with Crippen molar-refractivity contribution >= 4 is 75.7 Å². The number of hydrogen-bond acceptors (Lipinski definition) is 3. The molecular weight excluding hydrogens is 481 g/mol. The van der Waals surface area contributed by atoms with Crippen LogP contribution >= 0.6 is 58.0 Å². The van der Waals surface area contributed by atoms with E-state index in [2.05, 4.69) is 5.32 Å². The fourth-order valence-corrected chi connectivity index (χ4v) is 3.93. The minimum Gasteiger partial charge on any atom is -0.445 e. The van der Waals surface area contributed by atoms with E-state index < -0.39 is 22.5 Å². The lowest BCUT2D eigenvalue weighted by Crippen LogP contribution is -2.54. The van der Waals surface area contributed by atoms with E-state index in [0.717, 1.165) is 18.4 Å². The van der Waals surface area contributed by atoms with Gasteiger partial charge >= 0.3 is 6.09 Å². The monoisotopic (exact) mass is 500 g/mol. The summed E-state index contributed by atoms with van der Waals surface area (Å²) in [7, 11) is 0. The van der Waals surface area contributed by atoms with Crippen LogP contribution in [0.3, 0.4) is 0 Å². The quantitative estimate of drug-likeness (QED) is 0.315. The largest absolute Gasteiger partial charge is 0.445 e. The lowest BCUT2D eigenvalue weighted by atomic mass is 10.00. The van der Waals surface area contributed by atoms with Gasteiger partial charge in [-0.1, -0.05) is 64.6 Å². The second-order valence-electron chi connectivity index (χ2n) is 6.61. The van der Waals surface area contributed by atoms with E-state index in [-0.39, 0.29) is 17.3 Å². The van der Waals surface area contributed by atoms with Gasteiger partial charge in [0.25, 0.3) is 5.91 Å². The fraction of sp³-hybridized carbons (Fsp3) is 0.474. The topological polar surface area (TPSA) is 58.6 Å². The third kappa shape index (κ3) is 8.06. The van der Waals surface area contributed by atoms with Crippen LogP contribution in [-0.2, 0) is 9.53 Å². The number of amides is 2. The van der Waals surface area contributed by atoms with Crippen molar-refractivity contribution in [2.75, 3.05) is 11.5 Å². The van der Waals surface area contributed by atoms with Crippen LogP contribution in [0.2, 0.25) is 0 Å². The molecule has 29 heavy (non-hydrogen) atoms. The van der Waals surface area contributed by atoms with E-state index in [1.54, 1.807) is 4.90 Å². The minimum atomic E-state index is -1.72. The first kappa shape index (κ1) is 24.4. The van der Waals surface area contributed by atoms with E-state index >= 15 is 0 Å². The van der Waals surface area contributed by atoms with Gasteiger partial charge in [0.2, 0.25) is 3.79 Å². The average Bonchev–Trinajstić information content (AvgIpc) is 2.82. The Morgan fingerprint density at radius 1 is 1.21 bits per heavy atom. The summed E-state index contributed by atoms with van der Waals surface area (Å²) in [5, 5.41) is 2.63. The lowest BCUT2D eigenvalue weighted by molar-refractivity contribution is -0.114. The number of alkyl halides is 4. The van der Waals surface area contributed by atoms with Crippen LogP contribution in [0.5, 0.6) is 0 Å². The van der Waals surface area contributed by atoms with Crippen molar-refractivity contribution in [1.29, 1.82) is 0 Å². The van der Waals surface area contributed by atoms with E-state index in [1.807, 2.05) is 30.3 Å². The second-order valence-corrected chi connectivity index (χ2v) is 10.00. The molecule has 2 rings (SSSR count). The molecule has 1 aromatic carbocycles. The van der Waals surface area contributed by atoms with Gasteiger partial charge in [-0.05, 0) is 37.8 Å². The summed E-state index contributed by atoms with van der Waals surface area (Å²) in [6.07, 6.45) is 3.18. The van der Waals surface area contributed by atoms with Gasteiger partial charge in [-0.25, -0.2) is 4.79 Å². The SMILES string of the molecule is O=C(NC1CC(Cl)CCCC1N(C(=O)/C=C/Cl)c1ccccc1)OCC(Cl)(Cl)Cl. The molecule has 3 atom stereocenters. The molecule has 1 aromatic rings. The van der Waals surface area contributed by atoms with Gasteiger partial charge in [0.15, 0.2) is 0 Å². The molecule has 0 bridgehead atoms. The van der Waals surface area contributed by atoms with E-state index in [9.17, 15) is 9.59 Å². The van der Waals surface area contributed by atoms with E-state index in [1.165, 1.54) is 6.08 Å². The number of halogens is 5. The van der Waals surface area contributed by atoms with Crippen molar-refractivity contribution in [2.45, 2.75) is 46.9 Å². The molecule has 3 unspecified atom stereocenters. The summed E-state index contributed by atoms with van der Waals surface area (Å²) in [5.41, 5.74) is 1.85. The highest BCUT2D eigenvalue weighted by molar-refractivity contribution is 6.67. The first-order valence-corrected chi connectivity index (χ1v) is 11.0. The van der Waals surface area contributed by atoms with Crippen LogP contribution in [0.25, 0.3) is 0 Å². The zero-order chi connectivity index (χ0) is 21.4. The molecule has 0 aliphatic heterocycles. The summed E-state index contributed by atoms with van der Waals surface area (Å²) < 4.78 is 3.28. The van der Waals surface area contributed by atoms with Gasteiger partial charge in [-0.3, -0.25) is 4.79 Å². The molecule has 1 saturated carbocycles. The molecule has 5 nitrogen and oxygen atoms in total. The Bertz CT molecular complexity index is 712. The molecule has 1 N–H and O–H groups in total. The number of carbonyl (C=O) groups excluding carboxylic acids is 2. The van der Waals surface area contributed by atoms with Gasteiger partial charge in [0.1, 0.15) is 6.61 Å². The minimum absolute atomic E-state index is 0.158. The summed E-state index contributed by atoms with van der Waals surface area (Å²) in [4.78, 5) is 26.8. The average molecular weight is 503 g/mol. The molecule has 0 spiro atoms. The first-order chi connectivity index (χ1) is 13.7. The number of anilines is 1. The summed E-state index contributed by atoms with van der Waals surface area (Å²) >= 11 is 29.0. The van der Waals surface area contributed by atoms with Crippen molar-refractivity contribution in [3.63, 3.8) is 0 Å². The number of hydrogen-bond donors (Lipinski definition) is 1. The third-order valence-corrected chi connectivity index (χ3v) is 5.32. The molecule has 10 heteroatoms. The summed E-state index contributed by atoms with van der Waals surface area (Å²) in [6.45, 7) is -0.401. The van der Waals surface area contributed by atoms with Crippen LogP contribution in [-0.4, -0.2) is 39.9 Å². The Morgan fingerprint density at radius 3 is 2.52 bits per heavy atom. The number of ether oxygens (including phenoxy) is 1. The van der Waals surface area contributed by atoms with Crippen LogP contribution in [0, 0.1) is 0 Å². The van der Waals surface area contributed by atoms with Crippen LogP contribution in [0.4, 0.5) is 10.5 Å². The number of benzene rings is 1. The number of carbonyl (C=O) groups is 2. The van der Waals surface area contributed by atoms with Crippen molar-refractivity contribution < 1.29 is 14.3 Å². The molecule has 0 aromatic heterocycles. The molecule has 0 heterocycles. The highest BCUT2D eigenvalue weighted by Gasteiger charge is 2.36. The fourth-order valence-electron chi connectivity index (χ4n) is 3.31. The zero-order valence-corrected chi connectivity index (χ0v) is 19.2. The predicted octanol–water partition coefficient (Wildman–Crippen LogP) is 5.79. The molecular formula is C19H21Cl5N2O3. The number of alkyl carbamates (subject to hydrolysis) is 1. The van der Waals surface area contributed by atoms with Gasteiger partial charge in [-0.15, -0.1) is 11.6 Å². The van der Waals surface area contributed by atoms with E-state index in [0.29, 0.717) is 18.5 Å².